The molecule has 1 aromatic rings. The second-order valence-electron chi connectivity index (χ2n) is 8.49. The molecule has 3 rings (SSSR count). The van der Waals surface area contributed by atoms with Gasteiger partial charge < -0.3 is 18.8 Å². The van der Waals surface area contributed by atoms with Crippen molar-refractivity contribution in [2.45, 2.75) is 69.4 Å². The van der Waals surface area contributed by atoms with Crippen LogP contribution in [0.1, 0.15) is 57.4 Å². The Kier molecular flexibility index (Phi) is 7.65. The largest absolute Gasteiger partial charge is 0.458 e. The number of hydrogen-bond donors (Lipinski definition) is 0. The number of ether oxygens (including phenoxy) is 2. The van der Waals surface area contributed by atoms with Crippen molar-refractivity contribution in [1.82, 2.24) is 0 Å². The zero-order chi connectivity index (χ0) is 21.6. The number of quaternary nitrogens is 1. The number of carbonyl (C=O) groups is 3. The van der Waals surface area contributed by atoms with E-state index in [4.69, 9.17) is 9.47 Å². The zero-order valence-corrected chi connectivity index (χ0v) is 18.9. The van der Waals surface area contributed by atoms with E-state index in [1.165, 1.54) is 25.9 Å². The molecule has 2 fully saturated rings. The van der Waals surface area contributed by atoms with Crippen molar-refractivity contribution in [3.63, 3.8) is 0 Å². The molecule has 6 nitrogen and oxygen atoms in total. The first kappa shape index (κ1) is 22.9. The van der Waals surface area contributed by atoms with Gasteiger partial charge in [-0.15, -0.1) is 0 Å². The molecule has 2 saturated heterocycles. The smallest absolute Gasteiger partial charge is 0.359 e. The SMILES string of the molecule is CCC1CC(OC(=O)C(P)(OC(=O)CCC=O)c2ccccc2)CC[N+]12CCCC2. The first-order valence-corrected chi connectivity index (χ1v) is 11.6. The van der Waals surface area contributed by atoms with Crippen LogP contribution >= 0.6 is 9.24 Å². The van der Waals surface area contributed by atoms with Crippen LogP contribution in [0.3, 0.4) is 0 Å². The van der Waals surface area contributed by atoms with E-state index in [1.54, 1.807) is 24.3 Å². The summed E-state index contributed by atoms with van der Waals surface area (Å²) in [6.45, 7) is 5.70. The molecule has 0 N–H and O–H groups in total. The van der Waals surface area contributed by atoms with Gasteiger partial charge in [0.15, 0.2) is 0 Å². The Morgan fingerprint density at radius 3 is 2.53 bits per heavy atom. The van der Waals surface area contributed by atoms with Gasteiger partial charge in [0.1, 0.15) is 12.4 Å². The summed E-state index contributed by atoms with van der Waals surface area (Å²) < 4.78 is 12.7. The fourth-order valence-corrected chi connectivity index (χ4v) is 5.39. The molecular formula is C23H33NO5P+. The third-order valence-electron chi connectivity index (χ3n) is 6.65. The minimum atomic E-state index is -1.61. The Hall–Kier alpha value is -1.78. The van der Waals surface area contributed by atoms with Gasteiger partial charge in [0.05, 0.1) is 32.1 Å². The third kappa shape index (κ3) is 4.92. The number of piperidine rings is 1. The van der Waals surface area contributed by atoms with Crippen molar-refractivity contribution < 1.29 is 28.3 Å². The Labute approximate surface area is 181 Å². The summed E-state index contributed by atoms with van der Waals surface area (Å²) in [6, 6.07) is 9.39. The topological polar surface area (TPSA) is 69.7 Å². The average Bonchev–Trinajstić information content (AvgIpc) is 3.23. The molecule has 0 saturated carbocycles. The van der Waals surface area contributed by atoms with Gasteiger partial charge in [0.25, 0.3) is 0 Å². The van der Waals surface area contributed by atoms with E-state index < -0.39 is 17.3 Å². The highest BCUT2D eigenvalue weighted by atomic mass is 31.0. The maximum absolute atomic E-state index is 13.3. The second kappa shape index (κ2) is 10.0. The summed E-state index contributed by atoms with van der Waals surface area (Å²) in [4.78, 5) is 36.1. The summed E-state index contributed by atoms with van der Waals surface area (Å²) >= 11 is 0. The average molecular weight is 434 g/mol. The first-order chi connectivity index (χ1) is 14.4. The summed E-state index contributed by atoms with van der Waals surface area (Å²) in [5, 5.41) is -1.61. The molecule has 0 bridgehead atoms. The van der Waals surface area contributed by atoms with Crippen LogP contribution in [0.4, 0.5) is 0 Å². The summed E-state index contributed by atoms with van der Waals surface area (Å²) in [5.41, 5.74) is 0.533. The molecule has 4 atom stereocenters. The number of carbonyl (C=O) groups excluding carboxylic acids is 3. The lowest BCUT2D eigenvalue weighted by Crippen LogP contribution is -2.59. The standard InChI is InChI=1S/C23H33NO5P/c1-2-19-17-20(12-15-24(19)13-6-7-14-24)28-22(27)23(30,18-9-4-3-5-10-18)29-21(26)11-8-16-25/h3-5,9-10,16,19-20H,2,6-8,11-15,17,30H2,1H3/q+1. The molecule has 0 aromatic heterocycles. The number of nitrogens with zero attached hydrogens (tertiary/aromatic N) is 1. The van der Waals surface area contributed by atoms with Crippen molar-refractivity contribution in [3.8, 4) is 0 Å². The van der Waals surface area contributed by atoms with E-state index in [0.29, 0.717) is 17.9 Å². The van der Waals surface area contributed by atoms with Gasteiger partial charge in [-0.2, -0.15) is 0 Å². The van der Waals surface area contributed by atoms with Crippen molar-refractivity contribution in [1.29, 1.82) is 0 Å². The number of esters is 2. The quantitative estimate of drug-likeness (QED) is 0.272. The molecule has 0 aliphatic carbocycles. The molecule has 0 amide bonds. The number of aldehydes is 1. The summed E-state index contributed by atoms with van der Waals surface area (Å²) in [6.07, 6.45) is 5.78. The van der Waals surface area contributed by atoms with Crippen LogP contribution in [-0.4, -0.2) is 54.5 Å². The van der Waals surface area contributed by atoms with Crippen LogP contribution in [0.25, 0.3) is 0 Å². The lowest BCUT2D eigenvalue weighted by atomic mass is 9.94. The molecule has 0 radical (unpaired) electrons. The van der Waals surface area contributed by atoms with E-state index in [9.17, 15) is 14.4 Å². The molecule has 2 aliphatic rings. The van der Waals surface area contributed by atoms with E-state index >= 15 is 0 Å². The van der Waals surface area contributed by atoms with Gasteiger partial charge in [0.2, 0.25) is 5.34 Å². The second-order valence-corrected chi connectivity index (χ2v) is 9.30. The van der Waals surface area contributed by atoms with E-state index in [0.717, 1.165) is 30.3 Å². The minimum Gasteiger partial charge on any atom is -0.458 e. The zero-order valence-electron chi connectivity index (χ0n) is 17.8. The summed E-state index contributed by atoms with van der Waals surface area (Å²) in [5.74, 6) is -1.18. The van der Waals surface area contributed by atoms with Gasteiger partial charge in [-0.05, 0) is 6.42 Å². The maximum atomic E-state index is 13.3. The van der Waals surface area contributed by atoms with Crippen LogP contribution in [0.15, 0.2) is 30.3 Å². The minimum absolute atomic E-state index is 0.0597. The highest BCUT2D eigenvalue weighted by Gasteiger charge is 2.47. The van der Waals surface area contributed by atoms with Crippen molar-refractivity contribution in [3.05, 3.63) is 35.9 Å². The Balaban J connectivity index is 1.73. The van der Waals surface area contributed by atoms with Crippen LogP contribution in [0, 0.1) is 0 Å². The monoisotopic (exact) mass is 434 g/mol. The Bertz CT molecular complexity index is 749. The molecular weight excluding hydrogens is 401 g/mol. The maximum Gasteiger partial charge on any atom is 0.359 e. The molecule has 30 heavy (non-hydrogen) atoms. The normalized spacial score (nSPS) is 24.7. The van der Waals surface area contributed by atoms with Gasteiger partial charge in [-0.1, -0.05) is 46.5 Å². The molecule has 1 spiro atoms. The van der Waals surface area contributed by atoms with Crippen molar-refractivity contribution in [2.75, 3.05) is 19.6 Å². The van der Waals surface area contributed by atoms with Crippen LogP contribution < -0.4 is 0 Å². The van der Waals surface area contributed by atoms with Crippen LogP contribution in [-0.2, 0) is 29.2 Å². The fraction of sp³-hybridized carbons (Fsp3) is 0.609. The molecule has 7 heteroatoms. The predicted molar refractivity (Wildman–Crippen MR) is 117 cm³/mol. The van der Waals surface area contributed by atoms with E-state index in [-0.39, 0.29) is 18.9 Å². The van der Waals surface area contributed by atoms with Gasteiger partial charge in [0, 0.05) is 37.7 Å². The fourth-order valence-electron chi connectivity index (χ4n) is 4.99. The van der Waals surface area contributed by atoms with Crippen molar-refractivity contribution >= 4 is 27.5 Å². The Morgan fingerprint density at radius 2 is 1.90 bits per heavy atom. The number of benzene rings is 1. The van der Waals surface area contributed by atoms with E-state index in [2.05, 4.69) is 16.2 Å². The summed E-state index contributed by atoms with van der Waals surface area (Å²) in [7, 11) is 2.37. The molecule has 1 aromatic carbocycles. The van der Waals surface area contributed by atoms with E-state index in [1.807, 2.05) is 6.07 Å². The third-order valence-corrected chi connectivity index (χ3v) is 7.34. The van der Waals surface area contributed by atoms with Gasteiger partial charge in [-0.3, -0.25) is 4.79 Å². The molecule has 4 unspecified atom stereocenters. The van der Waals surface area contributed by atoms with Gasteiger partial charge in [-0.25, -0.2) is 4.79 Å². The number of hydrogen-bond acceptors (Lipinski definition) is 5. The highest BCUT2D eigenvalue weighted by Crippen LogP contribution is 2.38. The Morgan fingerprint density at radius 1 is 1.20 bits per heavy atom. The van der Waals surface area contributed by atoms with Crippen LogP contribution in [0.2, 0.25) is 0 Å². The van der Waals surface area contributed by atoms with Gasteiger partial charge >= 0.3 is 11.9 Å². The molecule has 2 aliphatic heterocycles. The molecule has 164 valence electrons. The number of rotatable bonds is 8. The lowest BCUT2D eigenvalue weighted by Gasteiger charge is -2.47. The highest BCUT2D eigenvalue weighted by molar-refractivity contribution is 7.20. The lowest BCUT2D eigenvalue weighted by molar-refractivity contribution is -0.946. The van der Waals surface area contributed by atoms with Crippen LogP contribution in [0.5, 0.6) is 0 Å². The van der Waals surface area contributed by atoms with Crippen molar-refractivity contribution in [2.24, 2.45) is 0 Å². The first-order valence-electron chi connectivity index (χ1n) is 11.0. The molecule has 2 heterocycles. The predicted octanol–water partition coefficient (Wildman–Crippen LogP) is 3.33.